The van der Waals surface area contributed by atoms with E-state index in [1.807, 2.05) is 27.7 Å². The van der Waals surface area contributed by atoms with Crippen molar-refractivity contribution in [3.05, 3.63) is 11.6 Å². The van der Waals surface area contributed by atoms with Gasteiger partial charge in [-0.25, -0.2) is 4.79 Å². The van der Waals surface area contributed by atoms with Gasteiger partial charge in [0.2, 0.25) is 6.29 Å². The van der Waals surface area contributed by atoms with Crippen molar-refractivity contribution >= 4 is 11.9 Å². The van der Waals surface area contributed by atoms with E-state index >= 15 is 4.79 Å². The number of hydrogen-bond donors (Lipinski definition) is 17. The SMILES string of the molecule is C[C@@H]1O[C@@H](O[C@@H]2[C@@H](O)[C@H](O[C@@H]3[C@@H](O)[C@@H](O)[C@H](O[C@H]4[C@H](OC(=O)[C@]56CCC(C)(C)C[C@@]5(C)C5=CC[C@@]7(C)[C@@](C)(C[C@@H](O)[C@H]8[C@](C)(CO)[C@@H](O[C@@H]9O[C@H](C(=O)O)[C@@H](O)[C@H](O)[C@H]9O)[C@@H](O)C[C@@]87C)[C@]5(C)C[C@H]6O)OC[C@H](O)[C@@H]4O)O[C@H]3C)OC[C@H]2O)[C@H](O)[C@H](O)[C@H]1O. The Kier molecular flexibility index (Phi) is 18.8. The maximum Gasteiger partial charge on any atom is 0.335 e. The maximum absolute atomic E-state index is 15.7. The van der Waals surface area contributed by atoms with Crippen molar-refractivity contribution in [1.29, 1.82) is 0 Å². The number of carbonyl (C=O) groups excluding carboxylic acids is 1. The van der Waals surface area contributed by atoms with Gasteiger partial charge in [-0.3, -0.25) is 4.79 Å². The number of hydrogen-bond acceptors (Lipinski definition) is 28. The van der Waals surface area contributed by atoms with Crippen molar-refractivity contribution in [3.63, 3.8) is 0 Å². The highest BCUT2D eigenvalue weighted by Gasteiger charge is 2.80. The summed E-state index contributed by atoms with van der Waals surface area (Å²) in [4.78, 5) is 27.8. The molecule has 5 heterocycles. The Morgan fingerprint density at radius 3 is 1.72 bits per heavy atom. The fraction of sp³-hybridized carbons (Fsp3) is 0.933. The molecule has 0 amide bonds. The molecule has 0 radical (unpaired) electrons. The molecule has 35 atom stereocenters. The minimum atomic E-state index is -2.02. The van der Waals surface area contributed by atoms with Crippen LogP contribution in [0.5, 0.6) is 0 Å². The van der Waals surface area contributed by atoms with Crippen LogP contribution in [0.1, 0.15) is 114 Å². The van der Waals surface area contributed by atoms with E-state index in [9.17, 15) is 91.6 Å². The third-order valence-corrected chi connectivity index (χ3v) is 24.2. The first kappa shape index (κ1) is 69.5. The standard InChI is InChI=1S/C60H96O29/c1-22-30(67)32(69)36(73)48(82-22)85-41-27(65)19-80-47(39(41)76)84-40-23(2)83-49(38(75)35(40)72)87-43-31(68)26(64)18-81-51(43)89-52(79)60-14-13-53(3,4)20-57(60,8)28-11-12-58(9)56(7)15-25(63)45(88-50-37(74)33(70)34(71)42(86-50)46(77)78)54(5,21-61)44(56)24(62)16-59(58,10)55(28,6)17-29(60)66/h11,22-27,29-45,47-51,61-76H,12-21H2,1-10H3,(H,77,78)/t22-,23-,24+,25-,26-,27+,29+,30-,31-,32+,33-,34-,35-,36+,37+,38+,39+,40-,41-,42-,43+,44-,45-,47-,48-,49-,50-,51-,54-,55+,56-,57-,58+,59-,60+/m0/s1. The predicted molar refractivity (Wildman–Crippen MR) is 296 cm³/mol. The lowest BCUT2D eigenvalue weighted by molar-refractivity contribution is -0.377. The van der Waals surface area contributed by atoms with Crippen molar-refractivity contribution < 1.29 is 144 Å². The molecule has 510 valence electrons. The number of fused-ring (bicyclic) bond motifs is 7. The van der Waals surface area contributed by atoms with E-state index in [1.54, 1.807) is 6.92 Å². The summed E-state index contributed by atoms with van der Waals surface area (Å²) in [6.07, 6.45) is -42.2. The topological polar surface area (TPSA) is 470 Å². The predicted octanol–water partition coefficient (Wildman–Crippen LogP) is -4.12. The van der Waals surface area contributed by atoms with E-state index in [-0.39, 0.29) is 25.7 Å². The lowest BCUT2D eigenvalue weighted by Crippen LogP contribution is -2.77. The molecule has 5 aliphatic carbocycles. The van der Waals surface area contributed by atoms with Gasteiger partial charge in [-0.2, -0.15) is 0 Å². The largest absolute Gasteiger partial charge is 0.479 e. The minimum absolute atomic E-state index is 0.0531. The van der Waals surface area contributed by atoms with Crippen LogP contribution in [0, 0.1) is 49.2 Å². The van der Waals surface area contributed by atoms with E-state index < -0.39 is 247 Å². The molecule has 0 unspecified atom stereocenters. The number of carboxylic acid groups (broad SMARTS) is 1. The van der Waals surface area contributed by atoms with Crippen molar-refractivity contribution in [2.24, 2.45) is 49.2 Å². The van der Waals surface area contributed by atoms with Crippen LogP contribution in [0.25, 0.3) is 0 Å². The first-order valence-electron chi connectivity index (χ1n) is 31.0. The maximum atomic E-state index is 15.7. The van der Waals surface area contributed by atoms with Gasteiger partial charge in [0.15, 0.2) is 37.4 Å². The fourth-order valence-corrected chi connectivity index (χ4v) is 19.0. The first-order chi connectivity index (χ1) is 41.3. The van der Waals surface area contributed by atoms with Crippen LogP contribution in [0.15, 0.2) is 11.6 Å². The zero-order valence-electron chi connectivity index (χ0n) is 51.8. The Bertz CT molecular complexity index is 2620. The zero-order chi connectivity index (χ0) is 65.7. The van der Waals surface area contributed by atoms with Crippen LogP contribution >= 0.6 is 0 Å². The van der Waals surface area contributed by atoms with E-state index in [0.717, 1.165) is 5.57 Å². The molecular formula is C60H96O29. The zero-order valence-corrected chi connectivity index (χ0v) is 51.8. The quantitative estimate of drug-likeness (QED) is 0.0501. The summed E-state index contributed by atoms with van der Waals surface area (Å²) in [5.74, 6) is -3.44. The Morgan fingerprint density at radius 2 is 1.09 bits per heavy atom. The second-order valence-electron chi connectivity index (χ2n) is 29.7. The summed E-state index contributed by atoms with van der Waals surface area (Å²) in [5, 5.41) is 191. The summed E-state index contributed by atoms with van der Waals surface area (Å²) in [6, 6.07) is 0. The average Bonchev–Trinajstić information content (AvgIpc) is 0.652. The van der Waals surface area contributed by atoms with Gasteiger partial charge in [0.1, 0.15) is 90.9 Å². The number of aliphatic carboxylic acids is 1. The van der Waals surface area contributed by atoms with Crippen LogP contribution in [-0.2, 0) is 57.0 Å². The second kappa shape index (κ2) is 24.1. The number of ether oxygens (including phenoxy) is 10. The molecule has 0 spiro atoms. The van der Waals surface area contributed by atoms with Crippen molar-refractivity contribution in [2.75, 3.05) is 19.8 Å². The molecule has 10 aliphatic rings. The van der Waals surface area contributed by atoms with Crippen molar-refractivity contribution in [2.45, 2.75) is 280 Å². The van der Waals surface area contributed by atoms with Crippen LogP contribution in [0.4, 0.5) is 0 Å². The number of aliphatic hydroxyl groups is 16. The van der Waals surface area contributed by atoms with Gasteiger partial charge >= 0.3 is 11.9 Å². The Hall–Kier alpha value is -2.32. The number of rotatable bonds is 12. The molecule has 0 aromatic rings. The molecule has 10 rings (SSSR count). The molecule has 17 N–H and O–H groups in total. The highest BCUT2D eigenvalue weighted by atomic mass is 16.8. The number of carbonyl (C=O) groups is 2. The number of aliphatic hydroxyl groups excluding tert-OH is 16. The molecule has 29 heteroatoms. The van der Waals surface area contributed by atoms with Gasteiger partial charge < -0.3 is 134 Å². The Balaban J connectivity index is 0.891. The van der Waals surface area contributed by atoms with Gasteiger partial charge in [0, 0.05) is 16.7 Å². The summed E-state index contributed by atoms with van der Waals surface area (Å²) < 4.78 is 58.7. The molecule has 0 aromatic heterocycles. The average molecular weight is 1280 g/mol. The monoisotopic (exact) mass is 1280 g/mol. The van der Waals surface area contributed by atoms with Gasteiger partial charge in [-0.05, 0) is 85.9 Å². The summed E-state index contributed by atoms with van der Waals surface area (Å²) in [5.41, 5.74) is -8.06. The van der Waals surface area contributed by atoms with Crippen LogP contribution in [-0.4, -0.2) is 284 Å². The highest BCUT2D eigenvalue weighted by Crippen LogP contribution is 2.82. The third kappa shape index (κ3) is 10.5. The smallest absolute Gasteiger partial charge is 0.335 e. The van der Waals surface area contributed by atoms with E-state index in [4.69, 9.17) is 47.4 Å². The first-order valence-corrected chi connectivity index (χ1v) is 31.0. The van der Waals surface area contributed by atoms with E-state index in [1.165, 1.54) is 13.8 Å². The summed E-state index contributed by atoms with van der Waals surface area (Å²) in [6.45, 7) is 16.8. The molecule has 4 saturated carbocycles. The normalized spacial score (nSPS) is 56.6. The number of carboxylic acids is 1. The highest BCUT2D eigenvalue weighted by molar-refractivity contribution is 5.81. The number of esters is 1. The van der Waals surface area contributed by atoms with Gasteiger partial charge in [0.25, 0.3) is 0 Å². The molecule has 89 heavy (non-hydrogen) atoms. The fourth-order valence-electron chi connectivity index (χ4n) is 19.0. The molecule has 29 nitrogen and oxygen atoms in total. The summed E-state index contributed by atoms with van der Waals surface area (Å²) >= 11 is 0. The molecule has 5 saturated heterocycles. The van der Waals surface area contributed by atoms with Gasteiger partial charge in [-0.15, -0.1) is 0 Å². The minimum Gasteiger partial charge on any atom is -0.479 e. The summed E-state index contributed by atoms with van der Waals surface area (Å²) in [7, 11) is 0. The Labute approximate surface area is 514 Å². The number of allylic oxidation sites excluding steroid dienone is 2. The molecule has 0 bridgehead atoms. The second-order valence-corrected chi connectivity index (χ2v) is 29.7. The van der Waals surface area contributed by atoms with Crippen molar-refractivity contribution in [1.82, 2.24) is 0 Å². The molecule has 9 fully saturated rings. The van der Waals surface area contributed by atoms with Crippen LogP contribution < -0.4 is 0 Å². The molecular weight excluding hydrogens is 1180 g/mol. The van der Waals surface area contributed by atoms with E-state index in [2.05, 4.69) is 26.8 Å². The molecule has 0 aromatic carbocycles. The van der Waals surface area contributed by atoms with Crippen LogP contribution in [0.2, 0.25) is 0 Å². The van der Waals surface area contributed by atoms with Gasteiger partial charge in [-0.1, -0.05) is 67.0 Å². The van der Waals surface area contributed by atoms with Gasteiger partial charge in [0.05, 0.1) is 56.4 Å². The molecule has 5 aliphatic heterocycles. The van der Waals surface area contributed by atoms with Crippen LogP contribution in [0.3, 0.4) is 0 Å². The third-order valence-electron chi connectivity index (χ3n) is 24.2. The Morgan fingerprint density at radius 1 is 0.528 bits per heavy atom. The lowest BCUT2D eigenvalue weighted by atomic mass is 9.27. The van der Waals surface area contributed by atoms with Crippen molar-refractivity contribution in [3.8, 4) is 0 Å². The van der Waals surface area contributed by atoms with E-state index in [0.29, 0.717) is 19.3 Å². The lowest BCUT2D eigenvalue weighted by Gasteiger charge is -2.78.